The Balaban J connectivity index is 1.29. The highest BCUT2D eigenvalue weighted by molar-refractivity contribution is 6.34. The van der Waals surface area contributed by atoms with Crippen molar-refractivity contribution in [1.29, 1.82) is 5.26 Å². The number of fused-ring (bicyclic) bond motifs is 1. The molecule has 44 heavy (non-hydrogen) atoms. The van der Waals surface area contributed by atoms with Crippen LogP contribution in [0.2, 0.25) is 10.0 Å². The van der Waals surface area contributed by atoms with Gasteiger partial charge in [0.15, 0.2) is 0 Å². The van der Waals surface area contributed by atoms with E-state index in [1.807, 2.05) is 35.2 Å². The molecule has 6 rings (SSSR count). The van der Waals surface area contributed by atoms with Gasteiger partial charge in [0.05, 0.1) is 27.2 Å². The van der Waals surface area contributed by atoms with Gasteiger partial charge in [0.1, 0.15) is 6.61 Å². The van der Waals surface area contributed by atoms with Gasteiger partial charge in [0.2, 0.25) is 5.88 Å². The SMILES string of the molecule is N#CC1(c2ccccc2)CCN(C(=O)c2cc(C(=O)N3CCCCC3)c3cc(OCc4ncc(Cl)cc4Cl)ncc3c2)CC1. The Kier molecular flexibility index (Phi) is 8.69. The second-order valence-electron chi connectivity index (χ2n) is 11.3. The molecule has 0 aliphatic carbocycles. The number of ether oxygens (including phenoxy) is 1. The standard InChI is InChI=1S/C34H31Cl2N5O3/c35-26-17-29(36)30(38-20-26)21-44-31-18-27-24(19-39-31)15-23(16-28(27)33(43)40-11-5-2-6-12-40)32(42)41-13-9-34(22-37,10-14-41)25-7-3-1-4-8-25/h1,3-4,7-8,15-20H,2,5-6,9-14,21H2. The van der Waals surface area contributed by atoms with Crippen LogP contribution in [-0.4, -0.2) is 57.8 Å². The number of pyridine rings is 2. The zero-order chi connectivity index (χ0) is 30.7. The second kappa shape index (κ2) is 12.8. The number of hydrogen-bond donors (Lipinski definition) is 0. The lowest BCUT2D eigenvalue weighted by atomic mass is 9.74. The fourth-order valence-corrected chi connectivity index (χ4v) is 6.51. The first-order valence-electron chi connectivity index (χ1n) is 14.8. The molecule has 2 aromatic heterocycles. The predicted octanol–water partition coefficient (Wildman–Crippen LogP) is 6.84. The molecule has 10 heteroatoms. The maximum atomic E-state index is 13.9. The molecule has 8 nitrogen and oxygen atoms in total. The molecule has 4 aromatic rings. The number of likely N-dealkylation sites (tertiary alicyclic amines) is 2. The lowest BCUT2D eigenvalue weighted by molar-refractivity contribution is 0.0692. The molecule has 224 valence electrons. The van der Waals surface area contributed by atoms with E-state index in [0.717, 1.165) is 24.8 Å². The largest absolute Gasteiger partial charge is 0.471 e. The second-order valence-corrected chi connectivity index (χ2v) is 12.2. The van der Waals surface area contributed by atoms with Gasteiger partial charge in [-0.2, -0.15) is 5.26 Å². The number of benzene rings is 2. The minimum atomic E-state index is -0.622. The fourth-order valence-electron chi connectivity index (χ4n) is 6.07. The molecule has 0 spiro atoms. The van der Waals surface area contributed by atoms with Gasteiger partial charge < -0.3 is 14.5 Å². The van der Waals surface area contributed by atoms with Gasteiger partial charge in [-0.3, -0.25) is 14.6 Å². The van der Waals surface area contributed by atoms with Crippen LogP contribution in [-0.2, 0) is 12.0 Å². The summed E-state index contributed by atoms with van der Waals surface area (Å²) in [6, 6.07) is 19.1. The first-order valence-corrected chi connectivity index (χ1v) is 15.5. The van der Waals surface area contributed by atoms with Crippen molar-refractivity contribution in [3.8, 4) is 11.9 Å². The number of halogens is 2. The van der Waals surface area contributed by atoms with Crippen LogP contribution < -0.4 is 4.74 Å². The zero-order valence-electron chi connectivity index (χ0n) is 24.1. The summed E-state index contributed by atoms with van der Waals surface area (Å²) >= 11 is 12.2. The zero-order valence-corrected chi connectivity index (χ0v) is 25.7. The minimum Gasteiger partial charge on any atom is -0.471 e. The average Bonchev–Trinajstić information content (AvgIpc) is 3.07. The summed E-state index contributed by atoms with van der Waals surface area (Å²) < 4.78 is 5.91. The minimum absolute atomic E-state index is 0.0720. The Morgan fingerprint density at radius 2 is 1.61 bits per heavy atom. The third kappa shape index (κ3) is 6.08. The van der Waals surface area contributed by atoms with Crippen LogP contribution in [0.4, 0.5) is 0 Å². The number of carbonyl (C=O) groups is 2. The maximum absolute atomic E-state index is 13.9. The molecule has 0 atom stereocenters. The summed E-state index contributed by atoms with van der Waals surface area (Å²) in [6.45, 7) is 2.32. The topological polar surface area (TPSA) is 99.4 Å². The van der Waals surface area contributed by atoms with Crippen LogP contribution in [0.25, 0.3) is 10.8 Å². The molecule has 0 radical (unpaired) electrons. The molecule has 2 saturated heterocycles. The highest BCUT2D eigenvalue weighted by Crippen LogP contribution is 2.36. The molecule has 2 aliphatic heterocycles. The molecule has 0 bridgehead atoms. The highest BCUT2D eigenvalue weighted by atomic mass is 35.5. The predicted molar refractivity (Wildman–Crippen MR) is 169 cm³/mol. The Morgan fingerprint density at radius 3 is 2.32 bits per heavy atom. The number of amides is 2. The number of nitriles is 1. The Labute approximate surface area is 266 Å². The number of carbonyl (C=O) groups excluding carboxylic acids is 2. The lowest BCUT2D eigenvalue weighted by Crippen LogP contribution is -2.44. The fraction of sp³-hybridized carbons (Fsp3) is 0.324. The molecular formula is C34H31Cl2N5O3. The third-order valence-corrected chi connectivity index (χ3v) is 9.15. The summed E-state index contributed by atoms with van der Waals surface area (Å²) in [5.41, 5.74) is 1.73. The Bertz CT molecular complexity index is 1740. The molecular weight excluding hydrogens is 597 g/mol. The molecule has 0 saturated carbocycles. The van der Waals surface area contributed by atoms with Gasteiger partial charge in [-0.05, 0) is 55.9 Å². The van der Waals surface area contributed by atoms with Gasteiger partial charge in [0, 0.05) is 66.5 Å². The Morgan fingerprint density at radius 1 is 0.886 bits per heavy atom. The van der Waals surface area contributed by atoms with E-state index in [1.54, 1.807) is 35.4 Å². The number of nitrogens with zero attached hydrogens (tertiary/aromatic N) is 5. The van der Waals surface area contributed by atoms with Gasteiger partial charge >= 0.3 is 0 Å². The van der Waals surface area contributed by atoms with E-state index in [1.165, 1.54) is 6.20 Å². The van der Waals surface area contributed by atoms with Crippen LogP contribution in [0.15, 0.2) is 67.0 Å². The van der Waals surface area contributed by atoms with Crippen LogP contribution in [0.3, 0.4) is 0 Å². The Hall–Kier alpha value is -4.19. The summed E-state index contributed by atoms with van der Waals surface area (Å²) in [6.07, 6.45) is 7.19. The van der Waals surface area contributed by atoms with Crippen molar-refractivity contribution in [2.45, 2.75) is 44.1 Å². The first kappa shape index (κ1) is 29.9. The number of hydrogen-bond acceptors (Lipinski definition) is 6. The van der Waals surface area contributed by atoms with E-state index in [-0.39, 0.29) is 18.4 Å². The summed E-state index contributed by atoms with van der Waals surface area (Å²) in [5.74, 6) is 0.0278. The normalized spacial score (nSPS) is 16.4. The van der Waals surface area contributed by atoms with Crippen molar-refractivity contribution in [2.24, 2.45) is 0 Å². The van der Waals surface area contributed by atoms with Crippen LogP contribution in [0, 0.1) is 11.3 Å². The molecule has 4 heterocycles. The van der Waals surface area contributed by atoms with E-state index in [0.29, 0.717) is 82.5 Å². The number of rotatable bonds is 6. The van der Waals surface area contributed by atoms with Crippen molar-refractivity contribution in [3.63, 3.8) is 0 Å². The average molecular weight is 629 g/mol. The van der Waals surface area contributed by atoms with Crippen molar-refractivity contribution in [2.75, 3.05) is 26.2 Å². The van der Waals surface area contributed by atoms with Gasteiger partial charge in [-0.15, -0.1) is 0 Å². The van der Waals surface area contributed by atoms with Crippen LogP contribution >= 0.6 is 23.2 Å². The smallest absolute Gasteiger partial charge is 0.254 e. The van der Waals surface area contributed by atoms with E-state index in [9.17, 15) is 14.9 Å². The van der Waals surface area contributed by atoms with Crippen LogP contribution in [0.5, 0.6) is 5.88 Å². The van der Waals surface area contributed by atoms with Crippen molar-refractivity contribution in [3.05, 3.63) is 99.4 Å². The monoisotopic (exact) mass is 627 g/mol. The quantitative estimate of drug-likeness (QED) is 0.232. The van der Waals surface area contributed by atoms with Crippen LogP contribution in [0.1, 0.15) is 64.1 Å². The van der Waals surface area contributed by atoms with E-state index >= 15 is 0 Å². The van der Waals surface area contributed by atoms with Gasteiger partial charge in [0.25, 0.3) is 11.8 Å². The van der Waals surface area contributed by atoms with Gasteiger partial charge in [-0.25, -0.2) is 4.98 Å². The van der Waals surface area contributed by atoms with E-state index in [2.05, 4.69) is 16.0 Å². The summed E-state index contributed by atoms with van der Waals surface area (Å²) in [5, 5.41) is 12.2. The molecule has 0 unspecified atom stereocenters. The number of aromatic nitrogens is 2. The lowest BCUT2D eigenvalue weighted by Gasteiger charge is -2.37. The molecule has 2 aromatic carbocycles. The van der Waals surface area contributed by atoms with Crippen molar-refractivity contribution in [1.82, 2.24) is 19.8 Å². The van der Waals surface area contributed by atoms with Crippen molar-refractivity contribution >= 4 is 45.8 Å². The summed E-state index contributed by atoms with van der Waals surface area (Å²) in [4.78, 5) is 40.1. The molecule has 2 aliphatic rings. The highest BCUT2D eigenvalue weighted by Gasteiger charge is 2.38. The molecule has 2 fully saturated rings. The van der Waals surface area contributed by atoms with E-state index < -0.39 is 5.41 Å². The molecule has 0 N–H and O–H groups in total. The first-order chi connectivity index (χ1) is 21.4. The number of piperidine rings is 2. The maximum Gasteiger partial charge on any atom is 0.254 e. The van der Waals surface area contributed by atoms with Gasteiger partial charge in [-0.1, -0.05) is 53.5 Å². The molecule has 2 amide bonds. The van der Waals surface area contributed by atoms with E-state index in [4.69, 9.17) is 27.9 Å². The summed E-state index contributed by atoms with van der Waals surface area (Å²) in [7, 11) is 0. The van der Waals surface area contributed by atoms with Crippen molar-refractivity contribution < 1.29 is 14.3 Å². The third-order valence-electron chi connectivity index (χ3n) is 8.62.